The summed E-state index contributed by atoms with van der Waals surface area (Å²) in [5.41, 5.74) is 1.48. The van der Waals surface area contributed by atoms with Gasteiger partial charge in [0.2, 0.25) is 0 Å². The van der Waals surface area contributed by atoms with Gasteiger partial charge in [-0.1, -0.05) is 23.9 Å². The molecule has 1 aliphatic rings. The summed E-state index contributed by atoms with van der Waals surface area (Å²) < 4.78 is 27.4. The quantitative estimate of drug-likeness (QED) is 0.405. The Morgan fingerprint density at radius 1 is 1.10 bits per heavy atom. The minimum absolute atomic E-state index is 0.195. The van der Waals surface area contributed by atoms with E-state index in [2.05, 4.69) is 15.3 Å². The number of aromatic nitrogens is 2. The molecule has 0 atom stereocenters. The number of nitrogens with one attached hydrogen (secondary N) is 1. The van der Waals surface area contributed by atoms with Gasteiger partial charge in [-0.25, -0.2) is 18.7 Å². The van der Waals surface area contributed by atoms with Gasteiger partial charge >= 0.3 is 0 Å². The number of halogens is 2. The van der Waals surface area contributed by atoms with Crippen molar-refractivity contribution < 1.29 is 13.6 Å². The van der Waals surface area contributed by atoms with Crippen LogP contribution in [0.1, 0.15) is 27.2 Å². The van der Waals surface area contributed by atoms with E-state index >= 15 is 0 Å². The minimum Gasteiger partial charge on any atom is -0.319 e. The molecule has 0 saturated heterocycles. The van der Waals surface area contributed by atoms with Gasteiger partial charge in [-0.05, 0) is 49.1 Å². The first-order valence-electron chi connectivity index (χ1n) is 9.38. The Morgan fingerprint density at radius 3 is 2.87 bits per heavy atom. The summed E-state index contributed by atoms with van der Waals surface area (Å²) in [7, 11) is 0. The van der Waals surface area contributed by atoms with E-state index in [-0.39, 0.29) is 5.69 Å². The first kappa shape index (κ1) is 19.1. The highest BCUT2D eigenvalue weighted by Gasteiger charge is 2.23. The lowest BCUT2D eigenvalue weighted by Crippen LogP contribution is -2.14. The number of carbonyl (C=O) groups is 1. The third kappa shape index (κ3) is 3.46. The Kier molecular flexibility index (Phi) is 4.96. The van der Waals surface area contributed by atoms with Crippen LogP contribution in [-0.4, -0.2) is 15.9 Å². The number of anilines is 1. The number of rotatable bonds is 4. The topological polar surface area (TPSA) is 54.9 Å². The van der Waals surface area contributed by atoms with Crippen molar-refractivity contribution in [2.75, 3.05) is 5.32 Å². The molecule has 0 radical (unpaired) electrons. The minimum atomic E-state index is -0.693. The van der Waals surface area contributed by atoms with Crippen molar-refractivity contribution in [3.8, 4) is 0 Å². The Balaban J connectivity index is 1.50. The van der Waals surface area contributed by atoms with E-state index in [9.17, 15) is 13.6 Å². The van der Waals surface area contributed by atoms with E-state index in [4.69, 9.17) is 0 Å². The van der Waals surface area contributed by atoms with Crippen molar-refractivity contribution in [3.05, 3.63) is 76.4 Å². The molecule has 4 aromatic rings. The fourth-order valence-electron chi connectivity index (χ4n) is 3.61. The monoisotopic (exact) mass is 439 g/mol. The van der Waals surface area contributed by atoms with Gasteiger partial charge in [0.15, 0.2) is 0 Å². The van der Waals surface area contributed by atoms with E-state index < -0.39 is 17.5 Å². The van der Waals surface area contributed by atoms with Crippen molar-refractivity contribution in [1.29, 1.82) is 0 Å². The molecule has 0 saturated carbocycles. The van der Waals surface area contributed by atoms with E-state index in [1.807, 2.05) is 12.1 Å². The maximum absolute atomic E-state index is 14.0. The summed E-state index contributed by atoms with van der Waals surface area (Å²) in [6.45, 7) is 0. The van der Waals surface area contributed by atoms with Crippen molar-refractivity contribution >= 4 is 44.9 Å². The SMILES string of the molecule is O=C(Nc1cc(F)ccc1F)c1ccccc1Sc1ncnc2sc3c(c12)CCC3. The van der Waals surface area contributed by atoms with Crippen LogP contribution < -0.4 is 5.32 Å². The van der Waals surface area contributed by atoms with Crippen LogP contribution in [0.15, 0.2) is 58.7 Å². The smallest absolute Gasteiger partial charge is 0.256 e. The molecular formula is C22H15F2N3OS2. The number of amides is 1. The summed E-state index contributed by atoms with van der Waals surface area (Å²) in [4.78, 5) is 24.7. The Morgan fingerprint density at radius 2 is 1.97 bits per heavy atom. The average Bonchev–Trinajstić information content (AvgIpc) is 3.32. The van der Waals surface area contributed by atoms with E-state index in [1.165, 1.54) is 22.2 Å². The van der Waals surface area contributed by atoms with Gasteiger partial charge in [-0.3, -0.25) is 4.79 Å². The fraction of sp³-hybridized carbons (Fsp3) is 0.136. The summed E-state index contributed by atoms with van der Waals surface area (Å²) in [5, 5.41) is 4.33. The van der Waals surface area contributed by atoms with Crippen LogP contribution in [0.4, 0.5) is 14.5 Å². The van der Waals surface area contributed by atoms with Crippen LogP contribution in [-0.2, 0) is 12.8 Å². The van der Waals surface area contributed by atoms with Crippen LogP contribution in [0.2, 0.25) is 0 Å². The van der Waals surface area contributed by atoms with Crippen LogP contribution in [0.25, 0.3) is 10.2 Å². The van der Waals surface area contributed by atoms with Crippen molar-refractivity contribution in [2.45, 2.75) is 29.2 Å². The number of carbonyl (C=O) groups excluding carboxylic acids is 1. The highest BCUT2D eigenvalue weighted by atomic mass is 32.2. The zero-order chi connectivity index (χ0) is 20.7. The standard InChI is InChI=1S/C22H15F2N3OS2/c23-12-8-9-15(24)16(10-12)27-20(28)14-4-1-2-6-18(14)30-22-19-13-5-3-7-17(13)29-21(19)25-11-26-22/h1-2,4,6,8-11H,3,5,7H2,(H,27,28). The molecule has 0 unspecified atom stereocenters. The molecule has 8 heteroatoms. The van der Waals surface area contributed by atoms with Gasteiger partial charge in [0.25, 0.3) is 5.91 Å². The first-order valence-corrected chi connectivity index (χ1v) is 11.0. The molecule has 150 valence electrons. The second-order valence-electron chi connectivity index (χ2n) is 6.89. The lowest BCUT2D eigenvalue weighted by atomic mass is 10.2. The Hall–Kier alpha value is -2.84. The highest BCUT2D eigenvalue weighted by molar-refractivity contribution is 7.99. The molecule has 1 aliphatic carbocycles. The van der Waals surface area contributed by atoms with E-state index in [0.29, 0.717) is 10.5 Å². The van der Waals surface area contributed by atoms with Gasteiger partial charge in [-0.15, -0.1) is 11.3 Å². The summed E-state index contributed by atoms with van der Waals surface area (Å²) in [6.07, 6.45) is 4.76. The maximum atomic E-state index is 14.0. The Bertz CT molecular complexity index is 1290. The Labute approximate surface area is 179 Å². The fourth-order valence-corrected chi connectivity index (χ4v) is 5.95. The lowest BCUT2D eigenvalue weighted by Gasteiger charge is -2.11. The van der Waals surface area contributed by atoms with E-state index in [0.717, 1.165) is 52.7 Å². The van der Waals surface area contributed by atoms with Crippen LogP contribution >= 0.6 is 23.1 Å². The number of benzene rings is 2. The predicted octanol–water partition coefficient (Wildman–Crippen LogP) is 5.86. The molecule has 5 rings (SSSR count). The molecule has 2 aromatic carbocycles. The molecule has 1 N–H and O–H groups in total. The van der Waals surface area contributed by atoms with Crippen molar-refractivity contribution in [1.82, 2.24) is 9.97 Å². The van der Waals surface area contributed by atoms with Gasteiger partial charge in [0, 0.05) is 21.2 Å². The number of aryl methyl sites for hydroxylation is 2. The average molecular weight is 440 g/mol. The largest absolute Gasteiger partial charge is 0.319 e. The molecular weight excluding hydrogens is 424 g/mol. The van der Waals surface area contributed by atoms with Crippen molar-refractivity contribution in [3.63, 3.8) is 0 Å². The zero-order valence-corrected chi connectivity index (χ0v) is 17.2. The van der Waals surface area contributed by atoms with E-state index in [1.54, 1.807) is 29.8 Å². The highest BCUT2D eigenvalue weighted by Crippen LogP contribution is 2.42. The van der Waals surface area contributed by atoms with Gasteiger partial charge in [0.05, 0.1) is 11.3 Å². The number of thiophene rings is 1. The maximum Gasteiger partial charge on any atom is 0.256 e. The second-order valence-corrected chi connectivity index (χ2v) is 9.01. The number of fused-ring (bicyclic) bond motifs is 3. The van der Waals surface area contributed by atoms with Gasteiger partial charge in [-0.2, -0.15) is 0 Å². The normalized spacial score (nSPS) is 12.9. The van der Waals surface area contributed by atoms with Crippen LogP contribution in [0, 0.1) is 11.6 Å². The summed E-state index contributed by atoms with van der Waals surface area (Å²) >= 11 is 3.09. The number of hydrogen-bond acceptors (Lipinski definition) is 5. The molecule has 4 nitrogen and oxygen atoms in total. The zero-order valence-electron chi connectivity index (χ0n) is 15.6. The lowest BCUT2D eigenvalue weighted by molar-refractivity contribution is 0.102. The van der Waals surface area contributed by atoms with Crippen LogP contribution in [0.5, 0.6) is 0 Å². The molecule has 2 aromatic heterocycles. The van der Waals surface area contributed by atoms with Gasteiger partial charge < -0.3 is 5.32 Å². The molecule has 1 amide bonds. The molecule has 30 heavy (non-hydrogen) atoms. The summed E-state index contributed by atoms with van der Waals surface area (Å²) in [6, 6.07) is 10.0. The summed E-state index contributed by atoms with van der Waals surface area (Å²) in [5.74, 6) is -1.83. The molecule has 0 aliphatic heterocycles. The second kappa shape index (κ2) is 7.77. The van der Waals surface area contributed by atoms with Crippen LogP contribution in [0.3, 0.4) is 0 Å². The predicted molar refractivity (Wildman–Crippen MR) is 114 cm³/mol. The molecule has 0 fully saturated rings. The first-order chi connectivity index (χ1) is 14.6. The van der Waals surface area contributed by atoms with Gasteiger partial charge in [0.1, 0.15) is 27.8 Å². The van der Waals surface area contributed by atoms with Crippen molar-refractivity contribution in [2.24, 2.45) is 0 Å². The number of nitrogens with zero attached hydrogens (tertiary/aromatic N) is 2. The molecule has 0 bridgehead atoms. The number of hydrogen-bond donors (Lipinski definition) is 1. The third-order valence-electron chi connectivity index (χ3n) is 4.98. The molecule has 2 heterocycles. The molecule has 0 spiro atoms. The third-order valence-corrected chi connectivity index (χ3v) is 7.26.